The Bertz CT molecular complexity index is 770. The first kappa shape index (κ1) is 15.0. The summed E-state index contributed by atoms with van der Waals surface area (Å²) in [4.78, 5) is 16.5. The molecule has 1 N–H and O–H groups in total. The second-order valence-corrected chi connectivity index (χ2v) is 5.32. The van der Waals surface area contributed by atoms with Crippen LogP contribution in [0.2, 0.25) is 0 Å². The van der Waals surface area contributed by atoms with Crippen LogP contribution in [0.1, 0.15) is 15.9 Å². The molecule has 1 aromatic heterocycles. The van der Waals surface area contributed by atoms with E-state index < -0.39 is 0 Å². The summed E-state index contributed by atoms with van der Waals surface area (Å²) in [6, 6.07) is 21.9. The van der Waals surface area contributed by atoms with Crippen LogP contribution >= 0.6 is 0 Å². The number of pyridine rings is 1. The number of nitrogens with zero attached hydrogens (tertiary/aromatic N) is 1. The maximum absolute atomic E-state index is 12.3. The van der Waals surface area contributed by atoms with Crippen molar-refractivity contribution < 1.29 is 4.79 Å². The lowest BCUT2D eigenvalue weighted by molar-refractivity contribution is 0.0954. The van der Waals surface area contributed by atoms with Gasteiger partial charge in [-0.15, -0.1) is 0 Å². The molecule has 0 bridgehead atoms. The van der Waals surface area contributed by atoms with Gasteiger partial charge in [-0.3, -0.25) is 9.78 Å². The lowest BCUT2D eigenvalue weighted by atomic mass is 10.1. The van der Waals surface area contributed by atoms with Crippen LogP contribution < -0.4 is 5.32 Å². The first-order valence-corrected chi connectivity index (χ1v) is 7.65. The molecule has 1 amide bonds. The summed E-state index contributed by atoms with van der Waals surface area (Å²) in [5, 5.41) is 2.95. The Balaban J connectivity index is 1.64. The predicted molar refractivity (Wildman–Crippen MR) is 92.2 cm³/mol. The quantitative estimate of drug-likeness (QED) is 0.780. The molecule has 3 aromatic rings. The Morgan fingerprint density at radius 1 is 0.870 bits per heavy atom. The second kappa shape index (κ2) is 7.36. The van der Waals surface area contributed by atoms with Crippen LogP contribution in [0.5, 0.6) is 0 Å². The molecular formula is C20H18N2O. The number of rotatable bonds is 5. The average Bonchev–Trinajstić information content (AvgIpc) is 2.63. The molecule has 3 nitrogen and oxygen atoms in total. The number of aromatic nitrogens is 1. The van der Waals surface area contributed by atoms with Crippen molar-refractivity contribution in [1.82, 2.24) is 10.3 Å². The molecule has 0 aliphatic rings. The van der Waals surface area contributed by atoms with Crippen LogP contribution in [0.25, 0.3) is 11.1 Å². The minimum absolute atomic E-state index is 0.0915. The van der Waals surface area contributed by atoms with Crippen molar-refractivity contribution in [3.63, 3.8) is 0 Å². The van der Waals surface area contributed by atoms with Crippen LogP contribution in [-0.4, -0.2) is 17.4 Å². The summed E-state index contributed by atoms with van der Waals surface area (Å²) in [7, 11) is 0. The lowest BCUT2D eigenvalue weighted by Gasteiger charge is -2.07. The highest BCUT2D eigenvalue weighted by molar-refractivity contribution is 5.95. The van der Waals surface area contributed by atoms with Gasteiger partial charge in [0.05, 0.1) is 5.56 Å². The summed E-state index contributed by atoms with van der Waals surface area (Å²) in [6.07, 6.45) is 4.19. The van der Waals surface area contributed by atoms with E-state index in [1.54, 1.807) is 12.4 Å². The number of hydrogen-bond donors (Lipinski definition) is 1. The molecule has 23 heavy (non-hydrogen) atoms. The smallest absolute Gasteiger partial charge is 0.252 e. The van der Waals surface area contributed by atoms with E-state index in [0.717, 1.165) is 17.5 Å². The zero-order chi connectivity index (χ0) is 15.9. The summed E-state index contributed by atoms with van der Waals surface area (Å²) in [5.74, 6) is -0.0915. The summed E-state index contributed by atoms with van der Waals surface area (Å²) in [5.41, 5.74) is 3.80. The fraction of sp³-hybridized carbons (Fsp3) is 0.100. The van der Waals surface area contributed by atoms with Gasteiger partial charge in [0, 0.05) is 24.5 Å². The molecule has 2 aromatic carbocycles. The molecule has 3 heteroatoms. The summed E-state index contributed by atoms with van der Waals surface area (Å²) >= 11 is 0. The largest absolute Gasteiger partial charge is 0.352 e. The van der Waals surface area contributed by atoms with Crippen LogP contribution in [0.3, 0.4) is 0 Å². The maximum Gasteiger partial charge on any atom is 0.252 e. The number of amides is 1. The highest BCUT2D eigenvalue weighted by Crippen LogP contribution is 2.18. The zero-order valence-corrected chi connectivity index (χ0v) is 12.8. The number of hydrogen-bond acceptors (Lipinski definition) is 2. The summed E-state index contributed by atoms with van der Waals surface area (Å²) < 4.78 is 0. The monoisotopic (exact) mass is 302 g/mol. The topological polar surface area (TPSA) is 42.0 Å². The standard InChI is InChI=1S/C20H18N2O/c23-20(22-12-11-16-7-3-1-4-8-16)19-13-18(14-21-15-19)17-9-5-2-6-10-17/h1-10,13-15H,11-12H2,(H,22,23). The lowest BCUT2D eigenvalue weighted by Crippen LogP contribution is -2.25. The molecule has 0 radical (unpaired) electrons. The fourth-order valence-electron chi connectivity index (χ4n) is 2.42. The first-order chi connectivity index (χ1) is 11.3. The van der Waals surface area contributed by atoms with Crippen molar-refractivity contribution >= 4 is 5.91 Å². The molecule has 0 fully saturated rings. The van der Waals surface area contributed by atoms with E-state index in [-0.39, 0.29) is 5.91 Å². The van der Waals surface area contributed by atoms with Crippen LogP contribution in [-0.2, 0) is 6.42 Å². The van der Waals surface area contributed by atoms with Crippen LogP contribution in [0.15, 0.2) is 79.1 Å². The van der Waals surface area contributed by atoms with Crippen molar-refractivity contribution in [3.05, 3.63) is 90.3 Å². The molecule has 0 spiro atoms. The van der Waals surface area contributed by atoms with Crippen LogP contribution in [0.4, 0.5) is 0 Å². The molecule has 114 valence electrons. The average molecular weight is 302 g/mol. The summed E-state index contributed by atoms with van der Waals surface area (Å²) in [6.45, 7) is 0.610. The molecule has 0 unspecified atom stereocenters. The Kier molecular flexibility index (Phi) is 4.79. The van der Waals surface area contributed by atoms with Gasteiger partial charge in [-0.05, 0) is 23.6 Å². The van der Waals surface area contributed by atoms with E-state index in [1.165, 1.54) is 5.56 Å². The van der Waals surface area contributed by atoms with Gasteiger partial charge in [0.25, 0.3) is 5.91 Å². The van der Waals surface area contributed by atoms with Gasteiger partial charge < -0.3 is 5.32 Å². The molecule has 0 saturated carbocycles. The molecule has 0 saturated heterocycles. The maximum atomic E-state index is 12.3. The highest BCUT2D eigenvalue weighted by Gasteiger charge is 2.07. The minimum atomic E-state index is -0.0915. The molecule has 1 heterocycles. The van der Waals surface area contributed by atoms with Gasteiger partial charge in [-0.25, -0.2) is 0 Å². The third-order valence-electron chi connectivity index (χ3n) is 3.65. The highest BCUT2D eigenvalue weighted by atomic mass is 16.1. The molecule has 3 rings (SSSR count). The van der Waals surface area contributed by atoms with Crippen molar-refractivity contribution in [2.75, 3.05) is 6.54 Å². The molecule has 0 aliphatic heterocycles. The number of benzene rings is 2. The Hall–Kier alpha value is -2.94. The number of carbonyl (C=O) groups is 1. The Labute approximate surface area is 136 Å². The SMILES string of the molecule is O=C(NCCc1ccccc1)c1cncc(-c2ccccc2)c1. The molecule has 0 atom stereocenters. The minimum Gasteiger partial charge on any atom is -0.352 e. The fourth-order valence-corrected chi connectivity index (χ4v) is 2.42. The molecule has 0 aliphatic carbocycles. The third kappa shape index (κ3) is 4.04. The van der Waals surface area contributed by atoms with E-state index in [4.69, 9.17) is 0 Å². The van der Waals surface area contributed by atoms with Gasteiger partial charge in [-0.2, -0.15) is 0 Å². The molecular weight excluding hydrogens is 284 g/mol. The second-order valence-electron chi connectivity index (χ2n) is 5.32. The van der Waals surface area contributed by atoms with E-state index in [1.807, 2.05) is 54.6 Å². The normalized spacial score (nSPS) is 10.3. The van der Waals surface area contributed by atoms with Crippen LogP contribution in [0, 0.1) is 0 Å². The van der Waals surface area contributed by atoms with Gasteiger partial charge in [0.1, 0.15) is 0 Å². The van der Waals surface area contributed by atoms with Crippen molar-refractivity contribution in [1.29, 1.82) is 0 Å². The zero-order valence-electron chi connectivity index (χ0n) is 12.8. The Morgan fingerprint density at radius 3 is 2.30 bits per heavy atom. The van der Waals surface area contributed by atoms with Gasteiger partial charge in [0.15, 0.2) is 0 Å². The number of nitrogens with one attached hydrogen (secondary N) is 1. The van der Waals surface area contributed by atoms with Crippen molar-refractivity contribution in [3.8, 4) is 11.1 Å². The van der Waals surface area contributed by atoms with Crippen molar-refractivity contribution in [2.45, 2.75) is 6.42 Å². The first-order valence-electron chi connectivity index (χ1n) is 7.65. The van der Waals surface area contributed by atoms with Crippen molar-refractivity contribution in [2.24, 2.45) is 0 Å². The number of carbonyl (C=O) groups excluding carboxylic acids is 1. The van der Waals surface area contributed by atoms with E-state index in [0.29, 0.717) is 12.1 Å². The van der Waals surface area contributed by atoms with E-state index in [9.17, 15) is 4.79 Å². The van der Waals surface area contributed by atoms with E-state index in [2.05, 4.69) is 22.4 Å². The predicted octanol–water partition coefficient (Wildman–Crippen LogP) is 3.72. The Morgan fingerprint density at radius 2 is 1.57 bits per heavy atom. The van der Waals surface area contributed by atoms with E-state index >= 15 is 0 Å². The van der Waals surface area contributed by atoms with Gasteiger partial charge in [-0.1, -0.05) is 60.7 Å². The third-order valence-corrected chi connectivity index (χ3v) is 3.65. The van der Waals surface area contributed by atoms with Gasteiger partial charge in [0.2, 0.25) is 0 Å². The van der Waals surface area contributed by atoms with Gasteiger partial charge >= 0.3 is 0 Å².